The van der Waals surface area contributed by atoms with E-state index in [4.69, 9.17) is 4.74 Å². The van der Waals surface area contributed by atoms with E-state index >= 15 is 0 Å². The van der Waals surface area contributed by atoms with Crippen LogP contribution in [-0.4, -0.2) is 36.5 Å². The van der Waals surface area contributed by atoms with Crippen LogP contribution in [0.5, 0.6) is 5.75 Å². The quantitative estimate of drug-likeness (QED) is 0.802. The number of carbonyl (C=O) groups is 2. The number of methoxy groups -OCH3 is 1. The highest BCUT2D eigenvalue weighted by atomic mass is 32.2. The first-order valence-corrected chi connectivity index (χ1v) is 7.64. The number of hydrogen-bond donors (Lipinski definition) is 2. The molecule has 0 heterocycles. The molecule has 1 aliphatic carbocycles. The summed E-state index contributed by atoms with van der Waals surface area (Å²) in [6, 6.07) is 7.50. The van der Waals surface area contributed by atoms with Gasteiger partial charge in [0.25, 0.3) is 0 Å². The second kappa shape index (κ2) is 7.19. The van der Waals surface area contributed by atoms with Crippen molar-refractivity contribution >= 4 is 29.3 Å². The van der Waals surface area contributed by atoms with Crippen LogP contribution in [0.3, 0.4) is 0 Å². The van der Waals surface area contributed by atoms with Gasteiger partial charge >= 0.3 is 0 Å². The van der Waals surface area contributed by atoms with E-state index in [9.17, 15) is 9.59 Å². The molecule has 0 bridgehead atoms. The summed E-state index contributed by atoms with van der Waals surface area (Å²) in [6.45, 7) is 0. The van der Waals surface area contributed by atoms with E-state index in [1.165, 1.54) is 11.8 Å². The topological polar surface area (TPSA) is 67.4 Å². The lowest BCUT2D eigenvalue weighted by Gasteiger charge is -2.06. The Labute approximate surface area is 122 Å². The molecular formula is C14H18N2O3S. The summed E-state index contributed by atoms with van der Waals surface area (Å²) in [4.78, 5) is 23.1. The van der Waals surface area contributed by atoms with Crippen LogP contribution in [0.15, 0.2) is 24.3 Å². The van der Waals surface area contributed by atoms with E-state index in [1.807, 2.05) is 0 Å². The monoisotopic (exact) mass is 294 g/mol. The van der Waals surface area contributed by atoms with Crippen molar-refractivity contribution < 1.29 is 14.3 Å². The largest absolute Gasteiger partial charge is 0.497 e. The molecule has 0 spiro atoms. The van der Waals surface area contributed by atoms with E-state index in [1.54, 1.807) is 31.4 Å². The molecule has 1 saturated carbocycles. The van der Waals surface area contributed by atoms with E-state index in [2.05, 4.69) is 10.6 Å². The second-order valence-electron chi connectivity index (χ2n) is 4.61. The smallest absolute Gasteiger partial charge is 0.234 e. The van der Waals surface area contributed by atoms with Gasteiger partial charge in [-0.15, -0.1) is 11.8 Å². The summed E-state index contributed by atoms with van der Waals surface area (Å²) in [5.74, 6) is 1.24. The van der Waals surface area contributed by atoms with Crippen LogP contribution in [-0.2, 0) is 9.59 Å². The van der Waals surface area contributed by atoms with Gasteiger partial charge in [-0.3, -0.25) is 9.59 Å². The van der Waals surface area contributed by atoms with Crippen molar-refractivity contribution in [2.75, 3.05) is 23.9 Å². The highest BCUT2D eigenvalue weighted by Crippen LogP contribution is 2.19. The summed E-state index contributed by atoms with van der Waals surface area (Å²) in [5, 5.41) is 5.66. The van der Waals surface area contributed by atoms with Gasteiger partial charge in [-0.2, -0.15) is 0 Å². The van der Waals surface area contributed by atoms with Crippen LogP contribution in [0.25, 0.3) is 0 Å². The van der Waals surface area contributed by atoms with Gasteiger partial charge in [0.2, 0.25) is 11.8 Å². The Morgan fingerprint density at radius 2 is 1.85 bits per heavy atom. The Kier molecular flexibility index (Phi) is 5.29. The fourth-order valence-corrected chi connectivity index (χ4v) is 2.23. The minimum absolute atomic E-state index is 0.00903. The first-order valence-electron chi connectivity index (χ1n) is 6.48. The average Bonchev–Trinajstić information content (AvgIpc) is 3.23. The molecule has 0 saturated heterocycles. The molecule has 1 aliphatic rings. The van der Waals surface area contributed by atoms with E-state index in [0.717, 1.165) is 24.3 Å². The second-order valence-corrected chi connectivity index (χ2v) is 5.60. The summed E-state index contributed by atoms with van der Waals surface area (Å²) in [5.41, 5.74) is 0.721. The van der Waals surface area contributed by atoms with Crippen molar-refractivity contribution in [3.05, 3.63) is 24.3 Å². The van der Waals surface area contributed by atoms with Crippen LogP contribution in [0.1, 0.15) is 12.8 Å². The number of thioether (sulfide) groups is 1. The molecule has 0 unspecified atom stereocenters. The van der Waals surface area contributed by atoms with Crippen LogP contribution in [0, 0.1) is 0 Å². The minimum Gasteiger partial charge on any atom is -0.497 e. The Morgan fingerprint density at radius 3 is 2.45 bits per heavy atom. The average molecular weight is 294 g/mol. The molecule has 0 aromatic heterocycles. The van der Waals surface area contributed by atoms with Gasteiger partial charge in [-0.25, -0.2) is 0 Å². The van der Waals surface area contributed by atoms with Crippen molar-refractivity contribution in [1.29, 1.82) is 0 Å². The molecule has 0 atom stereocenters. The predicted octanol–water partition coefficient (Wildman–Crippen LogP) is 1.65. The van der Waals surface area contributed by atoms with E-state index in [0.29, 0.717) is 11.8 Å². The Bertz CT molecular complexity index is 472. The number of benzene rings is 1. The molecule has 2 N–H and O–H groups in total. The standard InChI is InChI=1S/C14H18N2O3S/c1-19-12-6-4-11(5-7-12)16-14(18)9-20-8-13(17)15-10-2-3-10/h4-7,10H,2-3,8-9H2,1H3,(H,15,17)(H,16,18). The van der Waals surface area contributed by atoms with Gasteiger partial charge < -0.3 is 15.4 Å². The zero-order valence-electron chi connectivity index (χ0n) is 11.3. The lowest BCUT2D eigenvalue weighted by atomic mass is 10.3. The highest BCUT2D eigenvalue weighted by molar-refractivity contribution is 8.00. The number of amides is 2. The zero-order chi connectivity index (χ0) is 14.4. The minimum atomic E-state index is -0.112. The number of anilines is 1. The number of nitrogens with one attached hydrogen (secondary N) is 2. The van der Waals surface area contributed by atoms with E-state index < -0.39 is 0 Å². The SMILES string of the molecule is COc1ccc(NC(=O)CSCC(=O)NC2CC2)cc1. The fraction of sp³-hybridized carbons (Fsp3) is 0.429. The van der Waals surface area contributed by atoms with Gasteiger partial charge in [0.1, 0.15) is 5.75 Å². The summed E-state index contributed by atoms with van der Waals surface area (Å²) >= 11 is 1.32. The molecule has 1 fully saturated rings. The molecule has 108 valence electrons. The molecule has 0 radical (unpaired) electrons. The zero-order valence-corrected chi connectivity index (χ0v) is 12.2. The van der Waals surface area contributed by atoms with Crippen LogP contribution < -0.4 is 15.4 Å². The first-order chi connectivity index (χ1) is 9.67. The normalized spacial score (nSPS) is 13.7. The molecule has 20 heavy (non-hydrogen) atoms. The van der Waals surface area contributed by atoms with Crippen molar-refractivity contribution in [1.82, 2.24) is 5.32 Å². The number of ether oxygens (including phenoxy) is 1. The maximum absolute atomic E-state index is 11.7. The summed E-state index contributed by atoms with van der Waals surface area (Å²) < 4.78 is 5.04. The maximum Gasteiger partial charge on any atom is 0.234 e. The predicted molar refractivity (Wildman–Crippen MR) is 80.1 cm³/mol. The molecule has 1 aromatic carbocycles. The van der Waals surface area contributed by atoms with Gasteiger partial charge in [0, 0.05) is 11.7 Å². The number of hydrogen-bond acceptors (Lipinski definition) is 4. The van der Waals surface area contributed by atoms with Crippen molar-refractivity contribution in [3.8, 4) is 5.75 Å². The Hall–Kier alpha value is -1.69. The van der Waals surface area contributed by atoms with Crippen LogP contribution >= 0.6 is 11.8 Å². The Balaban J connectivity index is 1.64. The number of carbonyl (C=O) groups excluding carboxylic acids is 2. The summed E-state index contributed by atoms with van der Waals surface area (Å²) in [7, 11) is 1.59. The molecule has 6 heteroatoms. The number of rotatable bonds is 7. The van der Waals surface area contributed by atoms with Crippen molar-refractivity contribution in [3.63, 3.8) is 0 Å². The van der Waals surface area contributed by atoms with Crippen LogP contribution in [0.4, 0.5) is 5.69 Å². The van der Waals surface area contributed by atoms with E-state index in [-0.39, 0.29) is 17.6 Å². The maximum atomic E-state index is 11.7. The lowest BCUT2D eigenvalue weighted by Crippen LogP contribution is -2.27. The third-order valence-corrected chi connectivity index (χ3v) is 3.72. The van der Waals surface area contributed by atoms with Crippen molar-refractivity contribution in [2.45, 2.75) is 18.9 Å². The molecule has 5 nitrogen and oxygen atoms in total. The molecule has 1 aromatic rings. The van der Waals surface area contributed by atoms with Crippen LogP contribution in [0.2, 0.25) is 0 Å². The molecule has 0 aliphatic heterocycles. The molecular weight excluding hydrogens is 276 g/mol. The Morgan fingerprint density at radius 1 is 1.20 bits per heavy atom. The van der Waals surface area contributed by atoms with Crippen molar-refractivity contribution in [2.24, 2.45) is 0 Å². The van der Waals surface area contributed by atoms with Gasteiger partial charge in [-0.05, 0) is 37.1 Å². The van der Waals surface area contributed by atoms with Gasteiger partial charge in [0.05, 0.1) is 18.6 Å². The molecule has 2 rings (SSSR count). The van der Waals surface area contributed by atoms with Gasteiger partial charge in [-0.1, -0.05) is 0 Å². The van der Waals surface area contributed by atoms with Gasteiger partial charge in [0.15, 0.2) is 0 Å². The summed E-state index contributed by atoms with van der Waals surface area (Å²) in [6.07, 6.45) is 2.16. The highest BCUT2D eigenvalue weighted by Gasteiger charge is 2.22. The lowest BCUT2D eigenvalue weighted by molar-refractivity contribution is -0.118. The first kappa shape index (κ1) is 14.7. The molecule has 2 amide bonds. The third-order valence-electron chi connectivity index (χ3n) is 2.78. The fourth-order valence-electron chi connectivity index (χ4n) is 1.60. The third kappa shape index (κ3) is 5.13.